The van der Waals surface area contributed by atoms with Crippen LogP contribution in [0.5, 0.6) is 0 Å². The highest BCUT2D eigenvalue weighted by molar-refractivity contribution is 5.69. The Morgan fingerprint density at radius 3 is 2.40 bits per heavy atom. The number of carbonyl (C=O) groups excluding carboxylic acids is 1. The van der Waals surface area contributed by atoms with E-state index in [4.69, 9.17) is 0 Å². The predicted octanol–water partition coefficient (Wildman–Crippen LogP) is 2.28. The van der Waals surface area contributed by atoms with Crippen molar-refractivity contribution in [3.63, 3.8) is 0 Å². The molecule has 0 amide bonds. The van der Waals surface area contributed by atoms with Crippen molar-refractivity contribution in [2.75, 3.05) is 19.0 Å². The van der Waals surface area contributed by atoms with E-state index in [1.165, 1.54) is 18.2 Å². The quantitative estimate of drug-likeness (QED) is 0.770. The van der Waals surface area contributed by atoms with Gasteiger partial charge in [-0.25, -0.2) is 0 Å². The van der Waals surface area contributed by atoms with E-state index in [2.05, 4.69) is 42.1 Å². The monoisotopic (exact) mass is 207 g/mol. The molecule has 3 nitrogen and oxygen atoms in total. The Hall–Kier alpha value is -1.51. The summed E-state index contributed by atoms with van der Waals surface area (Å²) in [5.41, 5.74) is 3.49. The summed E-state index contributed by atoms with van der Waals surface area (Å²) in [4.78, 5) is 10.9. The van der Waals surface area contributed by atoms with Gasteiger partial charge in [0, 0.05) is 12.2 Å². The Morgan fingerprint density at radius 2 is 1.87 bits per heavy atom. The van der Waals surface area contributed by atoms with Gasteiger partial charge in [0.2, 0.25) is 0 Å². The Balaban J connectivity index is 2.47. The van der Waals surface area contributed by atoms with Crippen molar-refractivity contribution in [3.8, 4) is 0 Å². The van der Waals surface area contributed by atoms with Crippen LogP contribution in [0.1, 0.15) is 17.5 Å². The van der Waals surface area contributed by atoms with Gasteiger partial charge in [0.05, 0.1) is 13.5 Å². The molecule has 1 N–H and O–H groups in total. The van der Waals surface area contributed by atoms with Crippen LogP contribution in [0.4, 0.5) is 5.69 Å². The summed E-state index contributed by atoms with van der Waals surface area (Å²) in [6.07, 6.45) is 0.392. The number of esters is 1. The van der Waals surface area contributed by atoms with Crippen molar-refractivity contribution in [2.24, 2.45) is 0 Å². The lowest BCUT2D eigenvalue weighted by Crippen LogP contribution is -2.09. The molecule has 0 heterocycles. The number of rotatable bonds is 4. The van der Waals surface area contributed by atoms with Crippen molar-refractivity contribution in [1.82, 2.24) is 0 Å². The third kappa shape index (κ3) is 4.02. The molecule has 3 heteroatoms. The van der Waals surface area contributed by atoms with Crippen LogP contribution in [-0.2, 0) is 9.53 Å². The number of nitrogens with one attached hydrogen (secondary N) is 1. The third-order valence-electron chi connectivity index (χ3n) is 2.11. The van der Waals surface area contributed by atoms with E-state index >= 15 is 0 Å². The second-order valence-corrected chi connectivity index (χ2v) is 3.63. The molecule has 0 saturated heterocycles. The van der Waals surface area contributed by atoms with E-state index in [1.807, 2.05) is 0 Å². The fraction of sp³-hybridized carbons (Fsp3) is 0.417. The molecule has 0 aliphatic heterocycles. The molecule has 0 aliphatic carbocycles. The van der Waals surface area contributed by atoms with Crippen molar-refractivity contribution < 1.29 is 9.53 Å². The van der Waals surface area contributed by atoms with Crippen LogP contribution in [0, 0.1) is 13.8 Å². The number of anilines is 1. The van der Waals surface area contributed by atoms with Crippen LogP contribution < -0.4 is 5.32 Å². The fourth-order valence-electron chi connectivity index (χ4n) is 1.49. The number of benzene rings is 1. The number of carbonyl (C=O) groups is 1. The first-order chi connectivity index (χ1) is 7.11. The van der Waals surface area contributed by atoms with Gasteiger partial charge in [-0.2, -0.15) is 0 Å². The average Bonchev–Trinajstić information content (AvgIpc) is 2.16. The molecular weight excluding hydrogens is 190 g/mol. The van der Waals surface area contributed by atoms with Gasteiger partial charge in [-0.05, 0) is 37.1 Å². The van der Waals surface area contributed by atoms with Gasteiger partial charge in [0.15, 0.2) is 0 Å². The molecule has 0 unspecified atom stereocenters. The van der Waals surface area contributed by atoms with E-state index in [0.29, 0.717) is 13.0 Å². The summed E-state index contributed by atoms with van der Waals surface area (Å²) in [7, 11) is 1.40. The molecule has 0 bridgehead atoms. The highest BCUT2D eigenvalue weighted by atomic mass is 16.5. The zero-order chi connectivity index (χ0) is 11.3. The molecular formula is C12H17NO2. The maximum atomic E-state index is 10.9. The molecule has 82 valence electrons. The molecule has 0 saturated carbocycles. The van der Waals surface area contributed by atoms with Crippen LogP contribution in [0.3, 0.4) is 0 Å². The number of ether oxygens (including phenoxy) is 1. The molecule has 0 atom stereocenters. The smallest absolute Gasteiger partial charge is 0.307 e. The van der Waals surface area contributed by atoms with Crippen LogP contribution >= 0.6 is 0 Å². The highest BCUT2D eigenvalue weighted by Crippen LogP contribution is 2.13. The summed E-state index contributed by atoms with van der Waals surface area (Å²) >= 11 is 0. The first-order valence-corrected chi connectivity index (χ1v) is 5.01. The minimum Gasteiger partial charge on any atom is -0.469 e. The van der Waals surface area contributed by atoms with Crippen LogP contribution in [-0.4, -0.2) is 19.6 Å². The van der Waals surface area contributed by atoms with E-state index in [-0.39, 0.29) is 5.97 Å². The summed E-state index contributed by atoms with van der Waals surface area (Å²) in [5, 5.41) is 3.19. The Labute approximate surface area is 90.4 Å². The molecule has 1 rings (SSSR count). The number of hydrogen-bond acceptors (Lipinski definition) is 3. The fourth-order valence-corrected chi connectivity index (χ4v) is 1.49. The van der Waals surface area contributed by atoms with Crippen molar-refractivity contribution in [2.45, 2.75) is 20.3 Å². The molecule has 0 aromatic heterocycles. The number of aryl methyl sites for hydroxylation is 2. The standard InChI is InChI=1S/C12H17NO2/c1-9-6-10(2)8-11(7-9)13-5-4-12(14)15-3/h6-8,13H,4-5H2,1-3H3. The topological polar surface area (TPSA) is 38.3 Å². The van der Waals surface area contributed by atoms with Gasteiger partial charge in [-0.15, -0.1) is 0 Å². The summed E-state index contributed by atoms with van der Waals surface area (Å²) in [6, 6.07) is 6.24. The van der Waals surface area contributed by atoms with Crippen LogP contribution in [0.25, 0.3) is 0 Å². The van der Waals surface area contributed by atoms with Crippen molar-refractivity contribution in [3.05, 3.63) is 29.3 Å². The van der Waals surface area contributed by atoms with E-state index in [1.54, 1.807) is 0 Å². The zero-order valence-corrected chi connectivity index (χ0v) is 9.46. The van der Waals surface area contributed by atoms with Crippen LogP contribution in [0.2, 0.25) is 0 Å². The normalized spacial score (nSPS) is 9.80. The van der Waals surface area contributed by atoms with E-state index < -0.39 is 0 Å². The van der Waals surface area contributed by atoms with Crippen molar-refractivity contribution >= 4 is 11.7 Å². The van der Waals surface area contributed by atoms with E-state index in [0.717, 1.165) is 5.69 Å². The summed E-state index contributed by atoms with van der Waals surface area (Å²) < 4.78 is 4.56. The van der Waals surface area contributed by atoms with Crippen molar-refractivity contribution in [1.29, 1.82) is 0 Å². The predicted molar refractivity (Wildman–Crippen MR) is 61.0 cm³/mol. The first kappa shape index (κ1) is 11.6. The number of methoxy groups -OCH3 is 1. The highest BCUT2D eigenvalue weighted by Gasteiger charge is 1.99. The second-order valence-electron chi connectivity index (χ2n) is 3.63. The Kier molecular flexibility index (Phi) is 4.16. The lowest BCUT2D eigenvalue weighted by atomic mass is 10.1. The third-order valence-corrected chi connectivity index (χ3v) is 2.11. The molecule has 1 aromatic rings. The van der Waals surface area contributed by atoms with Crippen LogP contribution in [0.15, 0.2) is 18.2 Å². The minimum atomic E-state index is -0.188. The molecule has 0 aliphatic rings. The van der Waals surface area contributed by atoms with Gasteiger partial charge in [-0.3, -0.25) is 4.79 Å². The largest absolute Gasteiger partial charge is 0.469 e. The molecule has 0 spiro atoms. The Morgan fingerprint density at radius 1 is 1.27 bits per heavy atom. The Bertz CT molecular complexity index is 327. The zero-order valence-electron chi connectivity index (χ0n) is 9.46. The molecule has 1 aromatic carbocycles. The maximum Gasteiger partial charge on any atom is 0.307 e. The summed E-state index contributed by atoms with van der Waals surface area (Å²) in [6.45, 7) is 4.71. The SMILES string of the molecule is COC(=O)CCNc1cc(C)cc(C)c1. The molecule has 0 radical (unpaired) electrons. The molecule has 15 heavy (non-hydrogen) atoms. The van der Waals surface area contributed by atoms with E-state index in [9.17, 15) is 4.79 Å². The lowest BCUT2D eigenvalue weighted by Gasteiger charge is -2.07. The first-order valence-electron chi connectivity index (χ1n) is 5.01. The van der Waals surface area contributed by atoms with Gasteiger partial charge < -0.3 is 10.1 Å². The summed E-state index contributed by atoms with van der Waals surface area (Å²) in [5.74, 6) is -0.188. The van der Waals surface area contributed by atoms with Gasteiger partial charge in [0.1, 0.15) is 0 Å². The second kappa shape index (κ2) is 5.39. The average molecular weight is 207 g/mol. The van der Waals surface area contributed by atoms with Gasteiger partial charge in [0.25, 0.3) is 0 Å². The van der Waals surface area contributed by atoms with Gasteiger partial charge >= 0.3 is 5.97 Å². The molecule has 0 fully saturated rings. The maximum absolute atomic E-state index is 10.9. The minimum absolute atomic E-state index is 0.188. The number of hydrogen-bond donors (Lipinski definition) is 1. The van der Waals surface area contributed by atoms with Gasteiger partial charge in [-0.1, -0.05) is 6.07 Å². The lowest BCUT2D eigenvalue weighted by molar-refractivity contribution is -0.140.